The molecule has 5 heteroatoms. The maximum atomic E-state index is 13.2. The fourth-order valence-corrected chi connectivity index (χ4v) is 2.59. The number of benzene rings is 2. The molecule has 2 aromatic carbocycles. The molecule has 1 atom stereocenters. The van der Waals surface area contributed by atoms with Crippen LogP contribution in [0.2, 0.25) is 0 Å². The van der Waals surface area contributed by atoms with Crippen molar-refractivity contribution in [1.29, 1.82) is 0 Å². The summed E-state index contributed by atoms with van der Waals surface area (Å²) in [7, 11) is 0. The van der Waals surface area contributed by atoms with Gasteiger partial charge in [-0.25, -0.2) is 9.29 Å². The van der Waals surface area contributed by atoms with Crippen molar-refractivity contribution in [2.75, 3.05) is 10.2 Å². The second-order valence-electron chi connectivity index (χ2n) is 5.27. The number of halogens is 1. The smallest absolute Gasteiger partial charge is 0.256 e. The van der Waals surface area contributed by atoms with Crippen molar-refractivity contribution in [1.82, 2.24) is 0 Å². The Bertz CT molecular complexity index is 745. The highest BCUT2D eigenvalue weighted by atomic mass is 19.1. The van der Waals surface area contributed by atoms with Crippen LogP contribution in [0.3, 0.4) is 0 Å². The molecular formula is C17H15FN2O2. The normalized spacial score (nSPS) is 17.9. The van der Waals surface area contributed by atoms with Crippen LogP contribution in [-0.4, -0.2) is 17.9 Å². The standard InChI is InChI=1S/C17H15FN2O2/c1-11-5-2-3-8-15(11)20-16(21)10-14(17(20)22)19-13-7-4-6-12(18)9-13/h2-9,14,19H,10H2,1H3. The summed E-state index contributed by atoms with van der Waals surface area (Å²) in [6, 6.07) is 12.4. The molecule has 1 aliphatic rings. The van der Waals surface area contributed by atoms with Gasteiger partial charge in [0.25, 0.3) is 5.91 Å². The van der Waals surface area contributed by atoms with Gasteiger partial charge in [0.05, 0.1) is 12.1 Å². The first kappa shape index (κ1) is 14.3. The van der Waals surface area contributed by atoms with E-state index in [0.29, 0.717) is 11.4 Å². The summed E-state index contributed by atoms with van der Waals surface area (Å²) in [6.45, 7) is 1.85. The molecule has 1 heterocycles. The molecule has 2 aromatic rings. The van der Waals surface area contributed by atoms with Crippen LogP contribution in [-0.2, 0) is 9.59 Å². The van der Waals surface area contributed by atoms with Crippen molar-refractivity contribution in [2.24, 2.45) is 0 Å². The van der Waals surface area contributed by atoms with Gasteiger partial charge in [-0.05, 0) is 36.8 Å². The maximum Gasteiger partial charge on any atom is 0.256 e. The minimum Gasteiger partial charge on any atom is -0.373 e. The van der Waals surface area contributed by atoms with Crippen LogP contribution < -0.4 is 10.2 Å². The third kappa shape index (κ3) is 2.57. The number of hydrogen-bond acceptors (Lipinski definition) is 3. The fourth-order valence-electron chi connectivity index (χ4n) is 2.59. The Hall–Kier alpha value is -2.69. The largest absolute Gasteiger partial charge is 0.373 e. The Morgan fingerprint density at radius 3 is 2.64 bits per heavy atom. The van der Waals surface area contributed by atoms with Crippen LogP contribution in [0.4, 0.5) is 15.8 Å². The van der Waals surface area contributed by atoms with E-state index in [0.717, 1.165) is 5.56 Å². The fraction of sp³-hybridized carbons (Fsp3) is 0.176. The number of rotatable bonds is 3. The summed E-state index contributed by atoms with van der Waals surface area (Å²) in [5.41, 5.74) is 1.94. The van der Waals surface area contributed by atoms with Gasteiger partial charge in [-0.15, -0.1) is 0 Å². The average molecular weight is 298 g/mol. The van der Waals surface area contributed by atoms with E-state index >= 15 is 0 Å². The van der Waals surface area contributed by atoms with Gasteiger partial charge in [-0.1, -0.05) is 24.3 Å². The number of imide groups is 1. The Labute approximate surface area is 127 Å². The van der Waals surface area contributed by atoms with E-state index in [1.807, 2.05) is 19.1 Å². The number of amides is 2. The van der Waals surface area contributed by atoms with Gasteiger partial charge in [-0.2, -0.15) is 0 Å². The molecule has 0 spiro atoms. The van der Waals surface area contributed by atoms with Crippen molar-refractivity contribution in [3.63, 3.8) is 0 Å². The molecule has 1 saturated heterocycles. The topological polar surface area (TPSA) is 49.4 Å². The second-order valence-corrected chi connectivity index (χ2v) is 5.27. The molecule has 1 unspecified atom stereocenters. The first-order valence-electron chi connectivity index (χ1n) is 7.01. The Morgan fingerprint density at radius 2 is 1.91 bits per heavy atom. The van der Waals surface area contributed by atoms with Gasteiger partial charge < -0.3 is 5.32 Å². The van der Waals surface area contributed by atoms with Crippen LogP contribution >= 0.6 is 0 Å². The maximum absolute atomic E-state index is 13.2. The predicted molar refractivity (Wildman–Crippen MR) is 82.1 cm³/mol. The van der Waals surface area contributed by atoms with Crippen LogP contribution in [0.5, 0.6) is 0 Å². The molecule has 0 aromatic heterocycles. The van der Waals surface area contributed by atoms with Crippen molar-refractivity contribution >= 4 is 23.2 Å². The van der Waals surface area contributed by atoms with E-state index in [-0.39, 0.29) is 18.2 Å². The molecule has 0 aliphatic carbocycles. The number of carbonyl (C=O) groups excluding carboxylic acids is 2. The lowest BCUT2D eigenvalue weighted by Crippen LogP contribution is -2.35. The molecule has 0 saturated carbocycles. The zero-order valence-corrected chi connectivity index (χ0v) is 12.0. The summed E-state index contributed by atoms with van der Waals surface area (Å²) >= 11 is 0. The number of anilines is 2. The Kier molecular flexibility index (Phi) is 3.63. The number of para-hydroxylation sites is 1. The molecule has 4 nitrogen and oxygen atoms in total. The minimum absolute atomic E-state index is 0.0592. The van der Waals surface area contributed by atoms with Gasteiger partial charge in [0.1, 0.15) is 11.9 Å². The van der Waals surface area contributed by atoms with Crippen LogP contribution in [0.25, 0.3) is 0 Å². The highest BCUT2D eigenvalue weighted by Gasteiger charge is 2.40. The molecular weight excluding hydrogens is 283 g/mol. The lowest BCUT2D eigenvalue weighted by molar-refractivity contribution is -0.121. The molecule has 2 amide bonds. The van der Waals surface area contributed by atoms with E-state index in [1.165, 1.54) is 17.0 Å². The van der Waals surface area contributed by atoms with Crippen LogP contribution in [0.1, 0.15) is 12.0 Å². The monoisotopic (exact) mass is 298 g/mol. The van der Waals surface area contributed by atoms with Crippen LogP contribution in [0.15, 0.2) is 48.5 Å². The van der Waals surface area contributed by atoms with Gasteiger partial charge in [0.2, 0.25) is 5.91 Å². The van der Waals surface area contributed by atoms with Gasteiger partial charge in [-0.3, -0.25) is 9.59 Å². The van der Waals surface area contributed by atoms with Gasteiger partial charge in [0, 0.05) is 5.69 Å². The summed E-state index contributed by atoms with van der Waals surface area (Å²) in [5.74, 6) is -0.964. The predicted octanol–water partition coefficient (Wildman–Crippen LogP) is 2.88. The number of nitrogens with one attached hydrogen (secondary N) is 1. The van der Waals surface area contributed by atoms with Crippen molar-refractivity contribution in [3.05, 3.63) is 59.9 Å². The molecule has 0 bridgehead atoms. The lowest BCUT2D eigenvalue weighted by Gasteiger charge is -2.18. The summed E-state index contributed by atoms with van der Waals surface area (Å²) in [5, 5.41) is 2.93. The number of aryl methyl sites for hydroxylation is 1. The van der Waals surface area contributed by atoms with Crippen molar-refractivity contribution in [3.8, 4) is 0 Å². The zero-order chi connectivity index (χ0) is 15.7. The lowest BCUT2D eigenvalue weighted by atomic mass is 10.2. The zero-order valence-electron chi connectivity index (χ0n) is 12.0. The molecule has 22 heavy (non-hydrogen) atoms. The quantitative estimate of drug-likeness (QED) is 0.886. The highest BCUT2D eigenvalue weighted by molar-refractivity contribution is 6.23. The molecule has 0 radical (unpaired) electrons. The molecule has 1 aliphatic heterocycles. The third-order valence-corrected chi connectivity index (χ3v) is 3.67. The van der Waals surface area contributed by atoms with Crippen LogP contribution in [0, 0.1) is 12.7 Å². The van der Waals surface area contributed by atoms with E-state index in [1.54, 1.807) is 24.3 Å². The SMILES string of the molecule is Cc1ccccc1N1C(=O)CC(Nc2cccc(F)c2)C1=O. The van der Waals surface area contributed by atoms with Crippen molar-refractivity contribution < 1.29 is 14.0 Å². The minimum atomic E-state index is -0.672. The first-order chi connectivity index (χ1) is 10.6. The summed E-state index contributed by atoms with van der Waals surface area (Å²) in [4.78, 5) is 25.9. The number of nitrogens with zero attached hydrogens (tertiary/aromatic N) is 1. The first-order valence-corrected chi connectivity index (χ1v) is 7.01. The van der Waals surface area contributed by atoms with E-state index in [9.17, 15) is 14.0 Å². The number of hydrogen-bond donors (Lipinski definition) is 1. The number of carbonyl (C=O) groups is 2. The van der Waals surface area contributed by atoms with Gasteiger partial charge in [0.15, 0.2) is 0 Å². The van der Waals surface area contributed by atoms with E-state index < -0.39 is 11.9 Å². The second kappa shape index (κ2) is 5.60. The Balaban J connectivity index is 1.84. The molecule has 3 rings (SSSR count). The van der Waals surface area contributed by atoms with E-state index in [4.69, 9.17) is 0 Å². The highest BCUT2D eigenvalue weighted by Crippen LogP contribution is 2.27. The van der Waals surface area contributed by atoms with E-state index in [2.05, 4.69) is 5.32 Å². The molecule has 1 fully saturated rings. The van der Waals surface area contributed by atoms with Crippen molar-refractivity contribution in [2.45, 2.75) is 19.4 Å². The summed E-state index contributed by atoms with van der Waals surface area (Å²) in [6.07, 6.45) is 0.0592. The van der Waals surface area contributed by atoms with Gasteiger partial charge >= 0.3 is 0 Å². The average Bonchev–Trinajstić information content (AvgIpc) is 2.74. The third-order valence-electron chi connectivity index (χ3n) is 3.67. The molecule has 1 N–H and O–H groups in total. The summed E-state index contributed by atoms with van der Waals surface area (Å²) < 4.78 is 13.2. The molecule has 112 valence electrons. The Morgan fingerprint density at radius 1 is 1.14 bits per heavy atom.